The summed E-state index contributed by atoms with van der Waals surface area (Å²) in [4.78, 5) is 24.5. The van der Waals surface area contributed by atoms with E-state index < -0.39 is 0 Å². The molecule has 1 saturated carbocycles. The van der Waals surface area contributed by atoms with Gasteiger partial charge in [0.25, 0.3) is 5.91 Å². The maximum absolute atomic E-state index is 13.0. The Bertz CT molecular complexity index is 885. The van der Waals surface area contributed by atoms with Gasteiger partial charge in [-0.15, -0.1) is 0 Å². The Labute approximate surface area is 176 Å². The number of carbonyl (C=O) groups is 2. The predicted octanol–water partition coefficient (Wildman–Crippen LogP) is 3.53. The number of hydrogen-bond donors (Lipinski definition) is 2. The molecule has 1 fully saturated rings. The van der Waals surface area contributed by atoms with Crippen LogP contribution >= 0.6 is 0 Å². The van der Waals surface area contributed by atoms with Crippen LogP contribution in [-0.4, -0.2) is 38.2 Å². The van der Waals surface area contributed by atoms with Crippen LogP contribution in [0.4, 0.5) is 5.69 Å². The molecule has 160 valence electrons. The maximum atomic E-state index is 13.0. The standard InChI is InChI=1S/C23H28N2O5/c1-15(26)24-19-12-17(13-21(28-2)22(19)29-3)23(27)25-18-10-7-11-20(18)30-14-16-8-5-4-6-9-16/h4-6,8-9,12-13,18,20H,7,10-11,14H2,1-3H3,(H,24,26)(H,25,27)/t18-,20-/m1/s1. The highest BCUT2D eigenvalue weighted by atomic mass is 16.5. The van der Waals surface area contributed by atoms with Crippen LogP contribution in [0.25, 0.3) is 0 Å². The lowest BCUT2D eigenvalue weighted by atomic mass is 10.1. The van der Waals surface area contributed by atoms with Crippen molar-refractivity contribution in [1.29, 1.82) is 0 Å². The Hall–Kier alpha value is -3.06. The summed E-state index contributed by atoms with van der Waals surface area (Å²) in [7, 11) is 2.97. The zero-order valence-electron chi connectivity index (χ0n) is 17.6. The molecule has 0 spiro atoms. The second kappa shape index (κ2) is 10.1. The second-order valence-electron chi connectivity index (χ2n) is 7.29. The molecule has 2 aromatic rings. The van der Waals surface area contributed by atoms with Crippen LogP contribution in [0.1, 0.15) is 42.1 Å². The number of rotatable bonds is 8. The molecule has 0 saturated heterocycles. The minimum atomic E-state index is -0.266. The van der Waals surface area contributed by atoms with Gasteiger partial charge in [0.2, 0.25) is 5.91 Å². The topological polar surface area (TPSA) is 85.9 Å². The lowest BCUT2D eigenvalue weighted by molar-refractivity contribution is -0.114. The van der Waals surface area contributed by atoms with Crippen molar-refractivity contribution < 1.29 is 23.8 Å². The molecular formula is C23H28N2O5. The first-order valence-electron chi connectivity index (χ1n) is 10.0. The molecule has 0 aromatic heterocycles. The summed E-state index contributed by atoms with van der Waals surface area (Å²) in [5.74, 6) is 0.229. The summed E-state index contributed by atoms with van der Waals surface area (Å²) in [6.07, 6.45) is 2.72. The fraction of sp³-hybridized carbons (Fsp3) is 0.391. The zero-order valence-corrected chi connectivity index (χ0v) is 17.6. The van der Waals surface area contributed by atoms with Gasteiger partial charge in [-0.2, -0.15) is 0 Å². The number of anilines is 1. The Balaban J connectivity index is 1.71. The van der Waals surface area contributed by atoms with E-state index in [4.69, 9.17) is 14.2 Å². The molecule has 30 heavy (non-hydrogen) atoms. The fourth-order valence-corrected chi connectivity index (χ4v) is 3.70. The van der Waals surface area contributed by atoms with Gasteiger partial charge in [0.05, 0.1) is 38.7 Å². The number of benzene rings is 2. The molecule has 2 atom stereocenters. The van der Waals surface area contributed by atoms with E-state index in [9.17, 15) is 9.59 Å². The van der Waals surface area contributed by atoms with Crippen LogP contribution in [0.2, 0.25) is 0 Å². The zero-order chi connectivity index (χ0) is 21.5. The van der Waals surface area contributed by atoms with Crippen molar-refractivity contribution >= 4 is 17.5 Å². The first kappa shape index (κ1) is 21.6. The van der Waals surface area contributed by atoms with Crippen LogP contribution in [0.5, 0.6) is 11.5 Å². The number of methoxy groups -OCH3 is 2. The molecule has 3 rings (SSSR count). The third-order valence-electron chi connectivity index (χ3n) is 5.13. The molecule has 0 heterocycles. The molecule has 1 aliphatic carbocycles. The second-order valence-corrected chi connectivity index (χ2v) is 7.29. The quantitative estimate of drug-likeness (QED) is 0.693. The van der Waals surface area contributed by atoms with E-state index in [1.54, 1.807) is 12.1 Å². The average Bonchev–Trinajstić information content (AvgIpc) is 3.18. The predicted molar refractivity (Wildman–Crippen MR) is 114 cm³/mol. The number of amides is 2. The normalized spacial score (nSPS) is 18.0. The van der Waals surface area contributed by atoms with Crippen molar-refractivity contribution in [2.45, 2.75) is 44.9 Å². The lowest BCUT2D eigenvalue weighted by Gasteiger charge is -2.22. The van der Waals surface area contributed by atoms with Crippen molar-refractivity contribution in [2.75, 3.05) is 19.5 Å². The Morgan fingerprint density at radius 1 is 1.07 bits per heavy atom. The molecule has 7 heteroatoms. The van der Waals surface area contributed by atoms with Gasteiger partial charge in [-0.3, -0.25) is 9.59 Å². The molecule has 2 amide bonds. The summed E-state index contributed by atoms with van der Waals surface area (Å²) in [5, 5.41) is 5.76. The van der Waals surface area contributed by atoms with Crippen molar-refractivity contribution in [3.63, 3.8) is 0 Å². The molecule has 2 N–H and O–H groups in total. The summed E-state index contributed by atoms with van der Waals surface area (Å²) >= 11 is 0. The van der Waals surface area contributed by atoms with E-state index in [1.165, 1.54) is 21.1 Å². The highest BCUT2D eigenvalue weighted by Crippen LogP contribution is 2.37. The van der Waals surface area contributed by atoms with Gasteiger partial charge in [-0.05, 0) is 37.0 Å². The molecule has 2 aromatic carbocycles. The van der Waals surface area contributed by atoms with Gasteiger partial charge in [0, 0.05) is 12.5 Å². The van der Waals surface area contributed by atoms with E-state index in [0.29, 0.717) is 29.4 Å². The minimum Gasteiger partial charge on any atom is -0.493 e. The van der Waals surface area contributed by atoms with Crippen molar-refractivity contribution in [2.24, 2.45) is 0 Å². The molecule has 7 nitrogen and oxygen atoms in total. The monoisotopic (exact) mass is 412 g/mol. The smallest absolute Gasteiger partial charge is 0.251 e. The van der Waals surface area contributed by atoms with Crippen LogP contribution < -0.4 is 20.1 Å². The summed E-state index contributed by atoms with van der Waals surface area (Å²) in [5.41, 5.74) is 1.87. The van der Waals surface area contributed by atoms with Gasteiger partial charge < -0.3 is 24.8 Å². The van der Waals surface area contributed by atoms with Gasteiger partial charge in [-0.25, -0.2) is 0 Å². The highest BCUT2D eigenvalue weighted by Gasteiger charge is 2.30. The average molecular weight is 412 g/mol. The fourth-order valence-electron chi connectivity index (χ4n) is 3.70. The summed E-state index contributed by atoms with van der Waals surface area (Å²) in [6.45, 7) is 1.91. The number of carbonyl (C=O) groups excluding carboxylic acids is 2. The molecule has 1 aliphatic rings. The van der Waals surface area contributed by atoms with Crippen molar-refractivity contribution in [3.8, 4) is 11.5 Å². The van der Waals surface area contributed by atoms with E-state index in [1.807, 2.05) is 30.3 Å². The molecule has 0 radical (unpaired) electrons. The van der Waals surface area contributed by atoms with Gasteiger partial charge >= 0.3 is 0 Å². The number of ether oxygens (including phenoxy) is 3. The summed E-state index contributed by atoms with van der Waals surface area (Å²) < 4.78 is 16.8. The maximum Gasteiger partial charge on any atom is 0.251 e. The first-order chi connectivity index (χ1) is 14.5. The molecule has 0 aliphatic heterocycles. The van der Waals surface area contributed by atoms with Crippen LogP contribution in [-0.2, 0) is 16.1 Å². The van der Waals surface area contributed by atoms with Crippen molar-refractivity contribution in [3.05, 3.63) is 53.6 Å². The Morgan fingerprint density at radius 2 is 1.83 bits per heavy atom. The van der Waals surface area contributed by atoms with E-state index in [0.717, 1.165) is 24.8 Å². The van der Waals surface area contributed by atoms with Gasteiger partial charge in [-0.1, -0.05) is 30.3 Å². The lowest BCUT2D eigenvalue weighted by Crippen LogP contribution is -2.41. The van der Waals surface area contributed by atoms with Gasteiger partial charge in [0.15, 0.2) is 11.5 Å². The molecular weight excluding hydrogens is 384 g/mol. The van der Waals surface area contributed by atoms with E-state index in [-0.39, 0.29) is 24.0 Å². The number of nitrogens with one attached hydrogen (secondary N) is 2. The SMILES string of the molecule is COc1cc(C(=O)N[C@@H]2CCC[C@H]2OCc2ccccc2)cc(NC(C)=O)c1OC. The molecule has 0 bridgehead atoms. The Morgan fingerprint density at radius 3 is 2.50 bits per heavy atom. The van der Waals surface area contributed by atoms with Crippen molar-refractivity contribution in [1.82, 2.24) is 5.32 Å². The molecule has 0 unspecified atom stereocenters. The highest BCUT2D eigenvalue weighted by molar-refractivity contribution is 5.99. The summed E-state index contributed by atoms with van der Waals surface area (Å²) in [6, 6.07) is 13.1. The van der Waals surface area contributed by atoms with Crippen LogP contribution in [0, 0.1) is 0 Å². The van der Waals surface area contributed by atoms with E-state index >= 15 is 0 Å². The minimum absolute atomic E-state index is 0.0379. The first-order valence-corrected chi connectivity index (χ1v) is 10.0. The third kappa shape index (κ3) is 5.30. The van der Waals surface area contributed by atoms with E-state index in [2.05, 4.69) is 10.6 Å². The number of hydrogen-bond acceptors (Lipinski definition) is 5. The van der Waals surface area contributed by atoms with Gasteiger partial charge in [0.1, 0.15) is 0 Å². The largest absolute Gasteiger partial charge is 0.493 e. The third-order valence-corrected chi connectivity index (χ3v) is 5.13. The van der Waals surface area contributed by atoms with Crippen LogP contribution in [0.15, 0.2) is 42.5 Å². The Kier molecular flexibility index (Phi) is 7.30. The van der Waals surface area contributed by atoms with Crippen LogP contribution in [0.3, 0.4) is 0 Å².